The number of aromatic nitrogens is 3. The molecule has 23 heavy (non-hydrogen) atoms. The van der Waals surface area contributed by atoms with Crippen LogP contribution >= 0.6 is 11.5 Å². The second-order valence-corrected chi connectivity index (χ2v) is 7.34. The molecular formula is C18H22N4S. The third kappa shape index (κ3) is 2.74. The Hall–Kier alpha value is -1.88. The Morgan fingerprint density at radius 2 is 2.13 bits per heavy atom. The Bertz CT molecular complexity index is 771. The van der Waals surface area contributed by atoms with Crippen molar-refractivity contribution in [3.8, 4) is 0 Å². The molecule has 1 aromatic carbocycles. The van der Waals surface area contributed by atoms with Gasteiger partial charge in [0.1, 0.15) is 5.82 Å². The molecule has 5 heteroatoms. The molecule has 1 saturated heterocycles. The molecule has 1 atom stereocenters. The highest BCUT2D eigenvalue weighted by Crippen LogP contribution is 2.37. The van der Waals surface area contributed by atoms with E-state index in [1.165, 1.54) is 35.9 Å². The van der Waals surface area contributed by atoms with Crippen molar-refractivity contribution in [2.24, 2.45) is 0 Å². The summed E-state index contributed by atoms with van der Waals surface area (Å²) in [5, 5.41) is 2.35. The summed E-state index contributed by atoms with van der Waals surface area (Å²) in [5.74, 6) is 1.35. The van der Waals surface area contributed by atoms with Gasteiger partial charge in [-0.05, 0) is 36.8 Å². The quantitative estimate of drug-likeness (QED) is 0.746. The van der Waals surface area contributed by atoms with Gasteiger partial charge in [-0.15, -0.1) is 0 Å². The zero-order chi connectivity index (χ0) is 15.8. The molecule has 0 bridgehead atoms. The standard InChI is InChI=1S/C18H22N4S/c1-12(2)17-20-18(23-21-17)22-10-6-5-9-16(22)15-11-13-7-3-4-8-14(13)19-15/h3-4,7-8,11-12,16,19H,5-6,9-10H2,1-2H3. The normalized spacial score (nSPS) is 18.9. The molecule has 1 unspecified atom stereocenters. The van der Waals surface area contributed by atoms with E-state index in [0.29, 0.717) is 12.0 Å². The minimum atomic E-state index is 0.379. The molecule has 1 fully saturated rings. The van der Waals surface area contributed by atoms with E-state index in [1.807, 2.05) is 0 Å². The van der Waals surface area contributed by atoms with Crippen molar-refractivity contribution in [3.63, 3.8) is 0 Å². The van der Waals surface area contributed by atoms with Crippen LogP contribution in [0.2, 0.25) is 0 Å². The molecule has 4 nitrogen and oxygen atoms in total. The predicted octanol–water partition coefficient (Wildman–Crippen LogP) is 4.87. The van der Waals surface area contributed by atoms with Crippen LogP contribution in [0.3, 0.4) is 0 Å². The van der Waals surface area contributed by atoms with E-state index in [9.17, 15) is 0 Å². The van der Waals surface area contributed by atoms with Gasteiger partial charge in [-0.2, -0.15) is 4.37 Å². The van der Waals surface area contributed by atoms with E-state index in [0.717, 1.165) is 17.5 Å². The molecule has 3 heterocycles. The molecule has 1 aliphatic heterocycles. The van der Waals surface area contributed by atoms with Gasteiger partial charge in [-0.25, -0.2) is 4.98 Å². The van der Waals surface area contributed by atoms with Gasteiger partial charge in [-0.1, -0.05) is 32.0 Å². The maximum absolute atomic E-state index is 4.78. The third-order valence-corrected chi connectivity index (χ3v) is 5.37. The second kappa shape index (κ2) is 5.96. The highest BCUT2D eigenvalue weighted by molar-refractivity contribution is 7.09. The van der Waals surface area contributed by atoms with E-state index >= 15 is 0 Å². The van der Waals surface area contributed by atoms with Crippen molar-refractivity contribution < 1.29 is 0 Å². The van der Waals surface area contributed by atoms with Gasteiger partial charge in [-0.3, -0.25) is 0 Å². The van der Waals surface area contributed by atoms with Gasteiger partial charge < -0.3 is 9.88 Å². The largest absolute Gasteiger partial charge is 0.357 e. The first-order chi connectivity index (χ1) is 11.2. The molecular weight excluding hydrogens is 304 g/mol. The highest BCUT2D eigenvalue weighted by atomic mass is 32.1. The number of fused-ring (bicyclic) bond motifs is 1. The van der Waals surface area contributed by atoms with Crippen LogP contribution in [0.5, 0.6) is 0 Å². The van der Waals surface area contributed by atoms with Gasteiger partial charge in [0, 0.05) is 35.2 Å². The molecule has 120 valence electrons. The average Bonchev–Trinajstić information content (AvgIpc) is 3.22. The number of hydrogen-bond acceptors (Lipinski definition) is 4. The summed E-state index contributed by atoms with van der Waals surface area (Å²) in [4.78, 5) is 10.8. The number of piperidine rings is 1. The van der Waals surface area contributed by atoms with Crippen molar-refractivity contribution in [1.29, 1.82) is 0 Å². The third-order valence-electron chi connectivity index (χ3n) is 4.61. The van der Waals surface area contributed by atoms with Gasteiger partial charge in [0.05, 0.1) is 6.04 Å². The number of aromatic amines is 1. The Morgan fingerprint density at radius 1 is 1.26 bits per heavy atom. The minimum absolute atomic E-state index is 0.379. The molecule has 1 aliphatic rings. The molecule has 0 saturated carbocycles. The highest BCUT2D eigenvalue weighted by Gasteiger charge is 2.28. The first-order valence-electron chi connectivity index (χ1n) is 8.40. The van der Waals surface area contributed by atoms with Crippen molar-refractivity contribution in [2.45, 2.75) is 45.1 Å². The number of nitrogens with zero attached hydrogens (tertiary/aromatic N) is 3. The second-order valence-electron chi connectivity index (χ2n) is 6.61. The Kier molecular flexibility index (Phi) is 3.81. The zero-order valence-electron chi connectivity index (χ0n) is 13.6. The van der Waals surface area contributed by atoms with Gasteiger partial charge >= 0.3 is 0 Å². The molecule has 3 aromatic rings. The number of benzene rings is 1. The van der Waals surface area contributed by atoms with Crippen LogP contribution in [-0.4, -0.2) is 20.9 Å². The minimum Gasteiger partial charge on any atom is -0.357 e. The summed E-state index contributed by atoms with van der Waals surface area (Å²) in [7, 11) is 0. The molecule has 0 spiro atoms. The van der Waals surface area contributed by atoms with Gasteiger partial charge in [0.15, 0.2) is 0 Å². The lowest BCUT2D eigenvalue weighted by Crippen LogP contribution is -2.33. The summed E-state index contributed by atoms with van der Waals surface area (Å²) in [5.41, 5.74) is 2.51. The van der Waals surface area contributed by atoms with Crippen LogP contribution in [0.25, 0.3) is 10.9 Å². The van der Waals surface area contributed by atoms with Gasteiger partial charge in [0.2, 0.25) is 5.13 Å². The Morgan fingerprint density at radius 3 is 2.91 bits per heavy atom. The van der Waals surface area contributed by atoms with E-state index in [2.05, 4.69) is 58.4 Å². The number of rotatable bonds is 3. The van der Waals surface area contributed by atoms with E-state index in [1.54, 1.807) is 11.5 Å². The lowest BCUT2D eigenvalue weighted by atomic mass is 10.00. The summed E-state index contributed by atoms with van der Waals surface area (Å²) in [6.45, 7) is 5.36. The average molecular weight is 326 g/mol. The molecule has 2 aromatic heterocycles. The van der Waals surface area contributed by atoms with Crippen LogP contribution in [-0.2, 0) is 0 Å². The van der Waals surface area contributed by atoms with Crippen LogP contribution in [0, 0.1) is 0 Å². The number of H-pyrrole nitrogens is 1. The summed E-state index contributed by atoms with van der Waals surface area (Å²) in [6, 6.07) is 11.2. The molecule has 4 rings (SSSR count). The summed E-state index contributed by atoms with van der Waals surface area (Å²) >= 11 is 1.54. The van der Waals surface area contributed by atoms with Crippen molar-refractivity contribution >= 4 is 27.6 Å². The number of para-hydroxylation sites is 1. The molecule has 0 aliphatic carbocycles. The smallest absolute Gasteiger partial charge is 0.205 e. The topological polar surface area (TPSA) is 44.8 Å². The lowest BCUT2D eigenvalue weighted by molar-refractivity contribution is 0.466. The summed E-state index contributed by atoms with van der Waals surface area (Å²) < 4.78 is 4.54. The number of nitrogens with one attached hydrogen (secondary N) is 1. The fourth-order valence-corrected chi connectivity index (χ4v) is 4.22. The number of anilines is 1. The van der Waals surface area contributed by atoms with Crippen molar-refractivity contribution in [1.82, 2.24) is 14.3 Å². The lowest BCUT2D eigenvalue weighted by Gasteiger charge is -2.34. The monoisotopic (exact) mass is 326 g/mol. The Balaban J connectivity index is 1.69. The molecule has 0 amide bonds. The zero-order valence-corrected chi connectivity index (χ0v) is 14.4. The first-order valence-corrected chi connectivity index (χ1v) is 9.17. The predicted molar refractivity (Wildman–Crippen MR) is 96.2 cm³/mol. The van der Waals surface area contributed by atoms with E-state index in [-0.39, 0.29) is 0 Å². The molecule has 0 radical (unpaired) electrons. The molecule has 1 N–H and O–H groups in total. The fourth-order valence-electron chi connectivity index (χ4n) is 3.34. The van der Waals surface area contributed by atoms with Crippen LogP contribution < -0.4 is 4.90 Å². The maximum atomic E-state index is 4.78. The van der Waals surface area contributed by atoms with E-state index < -0.39 is 0 Å². The van der Waals surface area contributed by atoms with E-state index in [4.69, 9.17) is 4.98 Å². The fraction of sp³-hybridized carbons (Fsp3) is 0.444. The SMILES string of the molecule is CC(C)c1nsc(N2CCCCC2c2cc3ccccc3[nH]2)n1. The summed E-state index contributed by atoms with van der Waals surface area (Å²) in [6.07, 6.45) is 3.67. The maximum Gasteiger partial charge on any atom is 0.205 e. The van der Waals surface area contributed by atoms with Crippen LogP contribution in [0.15, 0.2) is 30.3 Å². The van der Waals surface area contributed by atoms with Crippen molar-refractivity contribution in [3.05, 3.63) is 41.9 Å². The van der Waals surface area contributed by atoms with Gasteiger partial charge in [0.25, 0.3) is 0 Å². The Labute approximate surface area is 140 Å². The first kappa shape index (κ1) is 14.7. The van der Waals surface area contributed by atoms with Crippen molar-refractivity contribution in [2.75, 3.05) is 11.4 Å². The van der Waals surface area contributed by atoms with Crippen LogP contribution in [0.4, 0.5) is 5.13 Å². The van der Waals surface area contributed by atoms with Crippen LogP contribution in [0.1, 0.15) is 56.6 Å². The number of hydrogen-bond donors (Lipinski definition) is 1.